The largest absolute Gasteiger partial charge is 0.360 e. The lowest BCUT2D eigenvalue weighted by atomic mass is 10.1. The van der Waals surface area contributed by atoms with Crippen molar-refractivity contribution in [3.05, 3.63) is 65.5 Å². The summed E-state index contributed by atoms with van der Waals surface area (Å²) in [4.78, 5) is 29.8. The minimum Gasteiger partial charge on any atom is -0.360 e. The summed E-state index contributed by atoms with van der Waals surface area (Å²) >= 11 is 0. The second-order valence-electron chi connectivity index (χ2n) is 6.77. The zero-order valence-corrected chi connectivity index (χ0v) is 14.5. The Bertz CT molecular complexity index is 794. The van der Waals surface area contributed by atoms with Crippen molar-refractivity contribution >= 4 is 17.5 Å². The van der Waals surface area contributed by atoms with Gasteiger partial charge >= 0.3 is 0 Å². The molecular formula is C20H21FN3O2+. The number of hydrogen-bond donors (Lipinski definition) is 1. The van der Waals surface area contributed by atoms with Gasteiger partial charge in [-0.1, -0.05) is 12.1 Å². The fourth-order valence-electron chi connectivity index (χ4n) is 3.70. The van der Waals surface area contributed by atoms with E-state index in [4.69, 9.17) is 0 Å². The molecule has 26 heavy (non-hydrogen) atoms. The summed E-state index contributed by atoms with van der Waals surface area (Å²) in [6.45, 7) is 4.81. The quantitative estimate of drug-likeness (QED) is 0.828. The van der Waals surface area contributed by atoms with Gasteiger partial charge in [-0.2, -0.15) is 0 Å². The van der Waals surface area contributed by atoms with Crippen LogP contribution >= 0.6 is 0 Å². The molecule has 0 saturated carbocycles. The highest BCUT2D eigenvalue weighted by atomic mass is 19.1. The van der Waals surface area contributed by atoms with Gasteiger partial charge < -0.3 is 9.80 Å². The van der Waals surface area contributed by atoms with Crippen molar-refractivity contribution in [1.82, 2.24) is 4.90 Å². The molecular weight excluding hydrogens is 333 g/mol. The molecule has 2 aromatic carbocycles. The maximum atomic E-state index is 13.0. The second-order valence-corrected chi connectivity index (χ2v) is 6.77. The van der Waals surface area contributed by atoms with Crippen LogP contribution in [0.4, 0.5) is 10.1 Å². The number of anilines is 1. The maximum Gasteiger partial charge on any atom is 0.261 e. The highest BCUT2D eigenvalue weighted by molar-refractivity contribution is 6.21. The van der Waals surface area contributed by atoms with Crippen molar-refractivity contribution in [2.75, 3.05) is 44.2 Å². The first kappa shape index (κ1) is 16.7. The van der Waals surface area contributed by atoms with Crippen LogP contribution in [0.25, 0.3) is 0 Å². The van der Waals surface area contributed by atoms with Crippen LogP contribution in [-0.2, 0) is 0 Å². The molecule has 2 aromatic rings. The minimum absolute atomic E-state index is 0.185. The van der Waals surface area contributed by atoms with Gasteiger partial charge in [-0.25, -0.2) is 4.39 Å². The molecule has 4 rings (SSSR count). The van der Waals surface area contributed by atoms with E-state index in [1.165, 1.54) is 21.9 Å². The van der Waals surface area contributed by atoms with Gasteiger partial charge in [0, 0.05) is 5.69 Å². The highest BCUT2D eigenvalue weighted by Crippen LogP contribution is 2.21. The van der Waals surface area contributed by atoms with Gasteiger partial charge in [0.05, 0.1) is 50.4 Å². The lowest BCUT2D eigenvalue weighted by molar-refractivity contribution is -0.899. The van der Waals surface area contributed by atoms with Crippen LogP contribution < -0.4 is 9.80 Å². The van der Waals surface area contributed by atoms with Crippen LogP contribution in [0.1, 0.15) is 20.7 Å². The predicted octanol–water partition coefficient (Wildman–Crippen LogP) is 0.827. The first-order valence-corrected chi connectivity index (χ1v) is 8.93. The van der Waals surface area contributed by atoms with Gasteiger partial charge in [-0.15, -0.1) is 0 Å². The first-order valence-electron chi connectivity index (χ1n) is 8.93. The third kappa shape index (κ3) is 3.08. The van der Waals surface area contributed by atoms with Gasteiger partial charge in [0.25, 0.3) is 11.8 Å². The predicted molar refractivity (Wildman–Crippen MR) is 96.0 cm³/mol. The van der Waals surface area contributed by atoms with Crippen molar-refractivity contribution < 1.29 is 18.9 Å². The highest BCUT2D eigenvalue weighted by Gasteiger charge is 2.35. The summed E-state index contributed by atoms with van der Waals surface area (Å²) in [5.41, 5.74) is 2.05. The zero-order valence-electron chi connectivity index (χ0n) is 14.5. The molecule has 1 fully saturated rings. The molecule has 2 heterocycles. The summed E-state index contributed by atoms with van der Waals surface area (Å²) in [7, 11) is 0. The Balaban J connectivity index is 1.31. The lowest BCUT2D eigenvalue weighted by Gasteiger charge is -2.34. The summed E-state index contributed by atoms with van der Waals surface area (Å²) in [5, 5.41) is 0. The minimum atomic E-state index is -0.223. The van der Waals surface area contributed by atoms with Crippen molar-refractivity contribution in [2.45, 2.75) is 0 Å². The molecule has 6 heteroatoms. The average molecular weight is 354 g/mol. The summed E-state index contributed by atoms with van der Waals surface area (Å²) in [5.74, 6) is -0.594. The van der Waals surface area contributed by atoms with Crippen LogP contribution in [0.15, 0.2) is 48.5 Å². The van der Waals surface area contributed by atoms with Gasteiger partial charge in [0.15, 0.2) is 0 Å². The van der Waals surface area contributed by atoms with Crippen LogP contribution in [-0.4, -0.2) is 56.0 Å². The van der Waals surface area contributed by atoms with E-state index in [1.54, 1.807) is 36.4 Å². The Hall–Kier alpha value is -2.73. The number of nitrogens with one attached hydrogen (secondary N) is 1. The van der Waals surface area contributed by atoms with Crippen molar-refractivity contribution in [3.63, 3.8) is 0 Å². The Morgan fingerprint density at radius 3 is 2.04 bits per heavy atom. The van der Waals surface area contributed by atoms with Crippen LogP contribution in [0.5, 0.6) is 0 Å². The lowest BCUT2D eigenvalue weighted by Crippen LogP contribution is -3.15. The number of benzene rings is 2. The first-order chi connectivity index (χ1) is 12.6. The zero-order chi connectivity index (χ0) is 18.1. The number of imide groups is 1. The monoisotopic (exact) mass is 354 g/mol. The number of halogens is 1. The normalized spacial score (nSPS) is 17.7. The summed E-state index contributed by atoms with van der Waals surface area (Å²) in [6, 6.07) is 13.6. The number of carbonyl (C=O) groups excluding carboxylic acids is 2. The Kier molecular flexibility index (Phi) is 4.42. The van der Waals surface area contributed by atoms with E-state index < -0.39 is 0 Å². The van der Waals surface area contributed by atoms with Gasteiger partial charge in [0.2, 0.25) is 0 Å². The topological polar surface area (TPSA) is 45.1 Å². The fraction of sp³-hybridized carbons (Fsp3) is 0.300. The van der Waals surface area contributed by atoms with Crippen LogP contribution in [0, 0.1) is 5.82 Å². The Labute approximate surface area is 151 Å². The third-order valence-corrected chi connectivity index (χ3v) is 5.23. The van der Waals surface area contributed by atoms with Crippen molar-refractivity contribution in [3.8, 4) is 0 Å². The van der Waals surface area contributed by atoms with Crippen molar-refractivity contribution in [1.29, 1.82) is 0 Å². The van der Waals surface area contributed by atoms with Gasteiger partial charge in [-0.05, 0) is 36.4 Å². The summed E-state index contributed by atoms with van der Waals surface area (Å²) < 4.78 is 13.0. The number of nitrogens with zero attached hydrogens (tertiary/aromatic N) is 2. The van der Waals surface area contributed by atoms with E-state index in [0.717, 1.165) is 38.4 Å². The SMILES string of the molecule is O=C1c2ccccc2C(=O)N1CC[NH+]1CCN(c2ccc(F)cc2)CC1. The molecule has 0 unspecified atom stereocenters. The number of fused-ring (bicyclic) bond motifs is 1. The van der Waals surface area contributed by atoms with Crippen LogP contribution in [0.3, 0.4) is 0 Å². The molecule has 2 aliphatic rings. The van der Waals surface area contributed by atoms with Gasteiger partial charge in [0.1, 0.15) is 5.82 Å². The third-order valence-electron chi connectivity index (χ3n) is 5.23. The van der Waals surface area contributed by atoms with E-state index in [0.29, 0.717) is 17.7 Å². The molecule has 0 atom stereocenters. The molecule has 0 radical (unpaired) electrons. The number of carbonyl (C=O) groups is 2. The van der Waals surface area contributed by atoms with Crippen molar-refractivity contribution in [2.24, 2.45) is 0 Å². The van der Waals surface area contributed by atoms with E-state index in [-0.39, 0.29) is 17.6 Å². The molecule has 0 bridgehead atoms. The molecule has 2 aliphatic heterocycles. The fourth-order valence-corrected chi connectivity index (χ4v) is 3.70. The molecule has 0 aromatic heterocycles. The van der Waals surface area contributed by atoms with Crippen LogP contribution in [0.2, 0.25) is 0 Å². The Morgan fingerprint density at radius 1 is 0.885 bits per heavy atom. The molecule has 0 spiro atoms. The molecule has 0 aliphatic carbocycles. The summed E-state index contributed by atoms with van der Waals surface area (Å²) in [6.07, 6.45) is 0. The molecule has 1 N–H and O–H groups in total. The molecule has 5 nitrogen and oxygen atoms in total. The molecule has 1 saturated heterocycles. The number of piperazine rings is 1. The van der Waals surface area contributed by atoms with Gasteiger partial charge in [-0.3, -0.25) is 14.5 Å². The van der Waals surface area contributed by atoms with E-state index in [2.05, 4.69) is 4.90 Å². The molecule has 134 valence electrons. The van der Waals surface area contributed by atoms with E-state index in [1.807, 2.05) is 0 Å². The van der Waals surface area contributed by atoms with E-state index >= 15 is 0 Å². The molecule has 2 amide bonds. The standard InChI is InChI=1S/C20H20FN3O2/c21-15-5-7-16(8-6-15)23-12-9-22(10-13-23)11-14-24-19(25)17-3-1-2-4-18(17)20(24)26/h1-8H,9-14H2/p+1. The number of rotatable bonds is 4. The Morgan fingerprint density at radius 2 is 1.46 bits per heavy atom. The maximum absolute atomic E-state index is 13.0. The number of quaternary nitrogens is 1. The smallest absolute Gasteiger partial charge is 0.261 e. The average Bonchev–Trinajstić information content (AvgIpc) is 2.92. The van der Waals surface area contributed by atoms with E-state index in [9.17, 15) is 14.0 Å². The number of amides is 2. The number of hydrogen-bond acceptors (Lipinski definition) is 3. The second kappa shape index (κ2) is 6.88.